The van der Waals surface area contributed by atoms with Crippen molar-refractivity contribution in [2.75, 3.05) is 6.54 Å². The lowest BCUT2D eigenvalue weighted by Crippen LogP contribution is -2.55. The third kappa shape index (κ3) is 2.69. The molecule has 1 fully saturated rings. The van der Waals surface area contributed by atoms with Crippen molar-refractivity contribution in [3.8, 4) is 0 Å². The molecule has 3 atom stereocenters. The maximum Gasteiger partial charge on any atom is 0.332 e. The van der Waals surface area contributed by atoms with Gasteiger partial charge in [0.25, 0.3) is 0 Å². The molecule has 0 unspecified atom stereocenters. The third-order valence-corrected chi connectivity index (χ3v) is 6.04. The van der Waals surface area contributed by atoms with Crippen molar-refractivity contribution in [2.45, 2.75) is 50.8 Å². The third-order valence-electron chi connectivity index (χ3n) is 6.04. The molecule has 128 valence electrons. The fourth-order valence-corrected chi connectivity index (χ4v) is 4.99. The van der Waals surface area contributed by atoms with Crippen molar-refractivity contribution >= 4 is 38.2 Å². The molecule has 0 aliphatic carbocycles. The monoisotopic (exact) mass is 333 g/mol. The zero-order valence-corrected chi connectivity index (χ0v) is 15.6. The molecule has 0 radical (unpaired) electrons. The van der Waals surface area contributed by atoms with Crippen molar-refractivity contribution in [1.82, 2.24) is 4.90 Å². The number of carbonyl (C=O) groups excluding carboxylic acids is 1. The van der Waals surface area contributed by atoms with E-state index in [4.69, 9.17) is 4.74 Å². The Labute approximate surface area is 151 Å². The second kappa shape index (κ2) is 5.91. The number of piperidine rings is 1. The van der Waals surface area contributed by atoms with Crippen LogP contribution in [0.2, 0.25) is 0 Å². The molecule has 3 aliphatic heterocycles. The van der Waals surface area contributed by atoms with Crippen molar-refractivity contribution < 1.29 is 9.53 Å². The highest BCUT2D eigenvalue weighted by atomic mass is 16.6. The van der Waals surface area contributed by atoms with Gasteiger partial charge in [0.05, 0.1) is 6.04 Å². The second-order valence-corrected chi connectivity index (χ2v) is 8.03. The Morgan fingerprint density at radius 2 is 1.92 bits per heavy atom. The Balaban J connectivity index is 1.90. The van der Waals surface area contributed by atoms with Crippen LogP contribution in [0.5, 0.6) is 0 Å². The van der Waals surface area contributed by atoms with Gasteiger partial charge in [-0.2, -0.15) is 0 Å². The molecule has 0 bridgehead atoms. The normalized spacial score (nSPS) is 32.2. The van der Waals surface area contributed by atoms with Crippen LogP contribution in [-0.2, 0) is 9.53 Å². The maximum absolute atomic E-state index is 12.2. The smallest absolute Gasteiger partial charge is 0.332 e. The van der Waals surface area contributed by atoms with Crippen molar-refractivity contribution in [2.24, 2.45) is 0 Å². The predicted molar refractivity (Wildman–Crippen MR) is 107 cm³/mol. The minimum absolute atomic E-state index is 0.201. The van der Waals surface area contributed by atoms with Gasteiger partial charge in [-0.3, -0.25) is 4.90 Å². The average Bonchev–Trinajstić information content (AvgIpc) is 2.82. The Bertz CT molecular complexity index is 781. The first kappa shape index (κ1) is 16.7. The molecule has 3 aliphatic rings. The minimum Gasteiger partial charge on any atom is -0.450 e. The number of hydrogen-bond acceptors (Lipinski definition) is 3. The average molecular weight is 333 g/mol. The lowest BCUT2D eigenvalue weighted by molar-refractivity contribution is -0.151. The van der Waals surface area contributed by atoms with Crippen LogP contribution in [0.25, 0.3) is 5.57 Å². The minimum atomic E-state index is -0.550. The SMILES string of the molecule is Bc1cc(B)cc(C2=C[C@H](C)N3CCCC[C@@H]3[C@@]3(C)OC(=O)C=C23)c1. The van der Waals surface area contributed by atoms with Crippen LogP contribution in [0.3, 0.4) is 0 Å². The van der Waals surface area contributed by atoms with Gasteiger partial charge in [-0.1, -0.05) is 41.6 Å². The fourth-order valence-electron chi connectivity index (χ4n) is 4.99. The summed E-state index contributed by atoms with van der Waals surface area (Å²) in [7, 11) is 4.26. The maximum atomic E-state index is 12.2. The molecule has 0 aromatic heterocycles. The summed E-state index contributed by atoms with van der Waals surface area (Å²) in [6.45, 7) is 5.46. The molecule has 0 N–H and O–H groups in total. The summed E-state index contributed by atoms with van der Waals surface area (Å²) < 4.78 is 5.95. The van der Waals surface area contributed by atoms with E-state index in [0.29, 0.717) is 6.04 Å². The van der Waals surface area contributed by atoms with Crippen LogP contribution >= 0.6 is 0 Å². The van der Waals surface area contributed by atoms with Gasteiger partial charge < -0.3 is 4.74 Å². The standard InChI is InChI=1S/C20H25B2NO2/c1-12-7-16(13-8-14(21)10-15(22)9-13)17-11-19(24)25-20(17,2)18-5-3-4-6-23(12)18/h7-12,18H,3-6,21-22H2,1-2H3/t12-,18+,20-/m0/s1. The number of esters is 1. The molecule has 1 aromatic rings. The summed E-state index contributed by atoms with van der Waals surface area (Å²) in [5.74, 6) is -0.201. The molecule has 1 aromatic carbocycles. The molecule has 5 heteroatoms. The highest BCUT2D eigenvalue weighted by Crippen LogP contribution is 2.46. The summed E-state index contributed by atoms with van der Waals surface area (Å²) in [6.07, 6.45) is 7.57. The number of nitrogens with zero attached hydrogens (tertiary/aromatic N) is 1. The van der Waals surface area contributed by atoms with Gasteiger partial charge in [-0.25, -0.2) is 4.79 Å². The van der Waals surface area contributed by atoms with Crippen molar-refractivity contribution in [1.29, 1.82) is 0 Å². The highest BCUT2D eigenvalue weighted by molar-refractivity contribution is 6.38. The zero-order chi connectivity index (χ0) is 17.8. The van der Waals surface area contributed by atoms with Crippen LogP contribution in [0.1, 0.15) is 38.7 Å². The molecular formula is C20H25B2NO2. The first-order valence-corrected chi connectivity index (χ1v) is 9.40. The topological polar surface area (TPSA) is 29.5 Å². The quantitative estimate of drug-likeness (QED) is 0.539. The number of fused-ring (bicyclic) bond motifs is 3. The van der Waals surface area contributed by atoms with E-state index in [1.165, 1.54) is 34.9 Å². The van der Waals surface area contributed by atoms with Gasteiger partial charge in [-0.15, -0.1) is 0 Å². The Morgan fingerprint density at radius 3 is 2.64 bits per heavy atom. The number of ether oxygens (including phenoxy) is 1. The Morgan fingerprint density at radius 1 is 1.20 bits per heavy atom. The summed E-state index contributed by atoms with van der Waals surface area (Å²) >= 11 is 0. The molecule has 25 heavy (non-hydrogen) atoms. The molecular weight excluding hydrogens is 308 g/mol. The van der Waals surface area contributed by atoms with E-state index in [1.54, 1.807) is 6.08 Å². The summed E-state index contributed by atoms with van der Waals surface area (Å²) in [6, 6.07) is 7.23. The Hall–Kier alpha value is -1.74. The second-order valence-electron chi connectivity index (χ2n) is 8.03. The van der Waals surface area contributed by atoms with Gasteiger partial charge in [0, 0.05) is 17.7 Å². The lowest BCUT2D eigenvalue weighted by atomic mass is 9.77. The number of benzene rings is 1. The van der Waals surface area contributed by atoms with Crippen molar-refractivity contribution in [3.05, 3.63) is 41.5 Å². The van der Waals surface area contributed by atoms with E-state index in [2.05, 4.69) is 58.7 Å². The van der Waals surface area contributed by atoms with Crippen LogP contribution in [0.4, 0.5) is 0 Å². The van der Waals surface area contributed by atoms with Crippen LogP contribution in [0.15, 0.2) is 35.9 Å². The number of carbonyl (C=O) groups is 1. The van der Waals surface area contributed by atoms with Gasteiger partial charge in [0.2, 0.25) is 0 Å². The lowest BCUT2D eigenvalue weighted by Gasteiger charge is -2.45. The summed E-state index contributed by atoms with van der Waals surface area (Å²) in [4.78, 5) is 14.8. The predicted octanol–water partition coefficient (Wildman–Crippen LogP) is 0.0853. The van der Waals surface area contributed by atoms with Gasteiger partial charge in [-0.05, 0) is 44.4 Å². The molecule has 1 saturated heterocycles. The largest absolute Gasteiger partial charge is 0.450 e. The first-order valence-electron chi connectivity index (χ1n) is 9.40. The zero-order valence-electron chi connectivity index (χ0n) is 15.6. The van der Waals surface area contributed by atoms with E-state index in [9.17, 15) is 4.79 Å². The number of hydrogen-bond donors (Lipinski definition) is 0. The fraction of sp³-hybridized carbons (Fsp3) is 0.450. The van der Waals surface area contributed by atoms with Gasteiger partial charge in [0.1, 0.15) is 15.7 Å². The van der Waals surface area contributed by atoms with Gasteiger partial charge >= 0.3 is 5.97 Å². The molecule has 0 saturated carbocycles. The molecule has 0 spiro atoms. The molecule has 3 heterocycles. The molecule has 0 amide bonds. The summed E-state index contributed by atoms with van der Waals surface area (Å²) in [5, 5.41) is 0. The van der Waals surface area contributed by atoms with Gasteiger partial charge in [0.15, 0.2) is 5.60 Å². The van der Waals surface area contributed by atoms with E-state index in [1.807, 2.05) is 0 Å². The van der Waals surface area contributed by atoms with E-state index < -0.39 is 5.60 Å². The van der Waals surface area contributed by atoms with E-state index >= 15 is 0 Å². The number of rotatable bonds is 1. The summed E-state index contributed by atoms with van der Waals surface area (Å²) in [5.41, 5.74) is 5.37. The molecule has 3 nitrogen and oxygen atoms in total. The van der Waals surface area contributed by atoms with E-state index in [-0.39, 0.29) is 12.0 Å². The van der Waals surface area contributed by atoms with Crippen LogP contribution in [0, 0.1) is 0 Å². The van der Waals surface area contributed by atoms with Crippen molar-refractivity contribution in [3.63, 3.8) is 0 Å². The van der Waals surface area contributed by atoms with E-state index in [0.717, 1.165) is 18.5 Å². The van der Waals surface area contributed by atoms with Crippen LogP contribution < -0.4 is 10.9 Å². The molecule has 4 rings (SSSR count). The highest BCUT2D eigenvalue weighted by Gasteiger charge is 2.51. The first-order chi connectivity index (χ1) is 11.9. The Kier molecular flexibility index (Phi) is 3.95. The van der Waals surface area contributed by atoms with Crippen LogP contribution in [-0.4, -0.2) is 50.8 Å².